The molecule has 0 spiro atoms. The van der Waals surface area contributed by atoms with Crippen molar-refractivity contribution in [3.63, 3.8) is 0 Å². The number of nitrogens with one attached hydrogen (secondary N) is 2. The Hall–Kier alpha value is -4.58. The lowest BCUT2D eigenvalue weighted by atomic mass is 9.93. The summed E-state index contributed by atoms with van der Waals surface area (Å²) in [5, 5.41) is 24.6. The summed E-state index contributed by atoms with van der Waals surface area (Å²) in [7, 11) is 1.46. The second kappa shape index (κ2) is 13.6. The number of β-amino-alcohol motifs (C(OH)–C–C–N with tert-alkyl or cyclic N) is 1. The van der Waals surface area contributed by atoms with Gasteiger partial charge in [0.1, 0.15) is 6.07 Å². The van der Waals surface area contributed by atoms with Gasteiger partial charge in [0.25, 0.3) is 11.8 Å². The van der Waals surface area contributed by atoms with Gasteiger partial charge in [-0.25, -0.2) is 9.37 Å². The van der Waals surface area contributed by atoms with E-state index in [0.29, 0.717) is 45.7 Å². The van der Waals surface area contributed by atoms with E-state index in [1.807, 2.05) is 0 Å². The maximum Gasteiger partial charge on any atom is 0.291 e. The number of nitrogens with zero attached hydrogens (tertiary/aromatic N) is 5. The third kappa shape index (κ3) is 6.60. The molecule has 3 N–H and O–H groups in total. The molecular formula is C30H30ClF2N7O5. The van der Waals surface area contributed by atoms with Crippen molar-refractivity contribution in [1.82, 2.24) is 24.7 Å². The van der Waals surface area contributed by atoms with Gasteiger partial charge in [-0.05, 0) is 43.3 Å². The van der Waals surface area contributed by atoms with Crippen LogP contribution in [0.1, 0.15) is 27.4 Å². The number of amides is 3. The van der Waals surface area contributed by atoms with Crippen LogP contribution in [0.15, 0.2) is 36.5 Å². The van der Waals surface area contributed by atoms with E-state index in [-0.39, 0.29) is 45.2 Å². The normalized spacial score (nSPS) is 18.3. The summed E-state index contributed by atoms with van der Waals surface area (Å²) in [6, 6.07) is 8.54. The van der Waals surface area contributed by atoms with Crippen molar-refractivity contribution in [1.29, 1.82) is 5.26 Å². The van der Waals surface area contributed by atoms with Gasteiger partial charge in [0.2, 0.25) is 11.7 Å². The number of benzene rings is 2. The van der Waals surface area contributed by atoms with Crippen LogP contribution in [0, 0.1) is 28.9 Å². The summed E-state index contributed by atoms with van der Waals surface area (Å²) in [4.78, 5) is 46.5. The third-order valence-corrected chi connectivity index (χ3v) is 8.22. The summed E-state index contributed by atoms with van der Waals surface area (Å²) in [6.07, 6.45) is 1.05. The quantitative estimate of drug-likeness (QED) is 0.356. The Morgan fingerprint density at radius 1 is 1.16 bits per heavy atom. The van der Waals surface area contributed by atoms with Crippen LogP contribution >= 0.6 is 11.6 Å². The fourth-order valence-corrected chi connectivity index (χ4v) is 5.70. The Morgan fingerprint density at radius 2 is 1.89 bits per heavy atom. The number of carbonyl (C=O) groups excluding carboxylic acids is 3. The number of hydrogen-bond donors (Lipinski definition) is 3. The number of hydrogen-bond acceptors (Lipinski definition) is 8. The number of anilines is 1. The van der Waals surface area contributed by atoms with E-state index in [2.05, 4.69) is 15.6 Å². The molecule has 0 aliphatic carbocycles. The first kappa shape index (κ1) is 31.8. The first-order valence-electron chi connectivity index (χ1n) is 14.2. The zero-order chi connectivity index (χ0) is 32.2. The summed E-state index contributed by atoms with van der Waals surface area (Å²) >= 11 is 6.44. The molecular weight excluding hydrogens is 612 g/mol. The molecule has 45 heavy (non-hydrogen) atoms. The number of carbonyl (C=O) groups is 3. The molecule has 2 fully saturated rings. The van der Waals surface area contributed by atoms with E-state index in [9.17, 15) is 28.3 Å². The maximum absolute atomic E-state index is 14.8. The topological polar surface area (TPSA) is 153 Å². The van der Waals surface area contributed by atoms with E-state index in [1.54, 1.807) is 15.9 Å². The predicted octanol–water partition coefficient (Wildman–Crippen LogP) is 2.43. The minimum Gasteiger partial charge on any atom is -0.476 e. The Kier molecular flexibility index (Phi) is 9.62. The Balaban J connectivity index is 1.22. The average Bonchev–Trinajstić information content (AvgIpc) is 3.42. The smallest absolute Gasteiger partial charge is 0.291 e. The number of ether oxygens (including phenoxy) is 1. The molecule has 2 aromatic carbocycles. The van der Waals surface area contributed by atoms with Crippen molar-refractivity contribution < 1.29 is 33.0 Å². The van der Waals surface area contributed by atoms with Gasteiger partial charge >= 0.3 is 0 Å². The number of piperazine rings is 1. The van der Waals surface area contributed by atoms with Crippen LogP contribution in [0.2, 0.25) is 5.02 Å². The molecule has 2 atom stereocenters. The lowest BCUT2D eigenvalue weighted by molar-refractivity contribution is -0.141. The third-order valence-electron chi connectivity index (χ3n) is 7.91. The molecule has 0 bridgehead atoms. The standard InChI is InChI=1S/C30H30ClF2N7O5/c1-38-22(19-4-5-24(45-13-7-34)26(33)25(19)32)15-36-27(38)28(42)37-17-2-3-18(21(31)14-17)29(43)39-9-11-40(12-10-39)30(44)20-6-8-35-16-23(20)41/h2-5,14-15,20,23,35,41H,6,8-13,16H2,1H3,(H,37,42)/t20-,23-/m1/s1. The van der Waals surface area contributed by atoms with Crippen molar-refractivity contribution in [2.24, 2.45) is 13.0 Å². The van der Waals surface area contributed by atoms with E-state index >= 15 is 0 Å². The van der Waals surface area contributed by atoms with Crippen LogP contribution < -0.4 is 15.4 Å². The van der Waals surface area contributed by atoms with Crippen LogP contribution in [0.5, 0.6) is 5.75 Å². The van der Waals surface area contributed by atoms with E-state index < -0.39 is 41.9 Å². The zero-order valence-corrected chi connectivity index (χ0v) is 25.0. The minimum absolute atomic E-state index is 0.102. The molecule has 0 unspecified atom stereocenters. The van der Waals surface area contributed by atoms with Crippen LogP contribution in [0.25, 0.3) is 11.3 Å². The molecule has 2 aliphatic rings. The molecule has 0 radical (unpaired) electrons. The molecule has 3 amide bonds. The number of imidazole rings is 1. The summed E-state index contributed by atoms with van der Waals surface area (Å²) in [5.74, 6) is -4.54. The zero-order valence-electron chi connectivity index (χ0n) is 24.2. The average molecular weight is 642 g/mol. The van der Waals surface area contributed by atoms with Crippen molar-refractivity contribution in [2.45, 2.75) is 12.5 Å². The fourth-order valence-electron chi connectivity index (χ4n) is 5.44. The highest BCUT2D eigenvalue weighted by atomic mass is 35.5. The molecule has 1 aromatic heterocycles. The van der Waals surface area contributed by atoms with Gasteiger partial charge in [-0.15, -0.1) is 0 Å². The lowest BCUT2D eigenvalue weighted by Gasteiger charge is -2.38. The minimum atomic E-state index is -1.27. The van der Waals surface area contributed by atoms with E-state index in [1.165, 1.54) is 48.1 Å². The lowest BCUT2D eigenvalue weighted by Crippen LogP contribution is -2.55. The Labute approximate surface area is 262 Å². The number of aliphatic hydroxyl groups excluding tert-OH is 1. The molecule has 3 heterocycles. The highest BCUT2D eigenvalue weighted by molar-refractivity contribution is 6.34. The molecule has 2 saturated heterocycles. The fraction of sp³-hybridized carbons (Fsp3) is 0.367. The van der Waals surface area contributed by atoms with Gasteiger partial charge in [0, 0.05) is 51.0 Å². The number of halogens is 3. The second-order valence-electron chi connectivity index (χ2n) is 10.6. The first-order chi connectivity index (χ1) is 21.6. The van der Waals surface area contributed by atoms with Crippen LogP contribution in [-0.4, -0.2) is 94.2 Å². The largest absolute Gasteiger partial charge is 0.476 e. The van der Waals surface area contributed by atoms with Crippen molar-refractivity contribution in [2.75, 3.05) is 51.2 Å². The number of rotatable bonds is 7. The number of nitriles is 1. The van der Waals surface area contributed by atoms with Gasteiger partial charge in [-0.2, -0.15) is 9.65 Å². The molecule has 3 aromatic rings. The molecule has 2 aliphatic heterocycles. The van der Waals surface area contributed by atoms with Crippen LogP contribution in [0.4, 0.5) is 14.5 Å². The maximum atomic E-state index is 14.8. The monoisotopic (exact) mass is 641 g/mol. The van der Waals surface area contributed by atoms with Gasteiger partial charge in [-0.1, -0.05) is 11.6 Å². The van der Waals surface area contributed by atoms with E-state index in [4.69, 9.17) is 21.6 Å². The molecule has 15 heteroatoms. The van der Waals surface area contributed by atoms with Crippen LogP contribution in [-0.2, 0) is 11.8 Å². The number of aliphatic hydroxyl groups is 1. The summed E-state index contributed by atoms with van der Waals surface area (Å²) in [5.41, 5.74) is 0.461. The van der Waals surface area contributed by atoms with Crippen LogP contribution in [0.3, 0.4) is 0 Å². The Bertz CT molecular complexity index is 1670. The van der Waals surface area contributed by atoms with E-state index in [0.717, 1.165) is 0 Å². The second-order valence-corrected chi connectivity index (χ2v) is 11.1. The van der Waals surface area contributed by atoms with Crippen molar-refractivity contribution >= 4 is 35.0 Å². The molecule has 236 valence electrons. The van der Waals surface area contributed by atoms with Gasteiger partial charge in [0.15, 0.2) is 24.0 Å². The summed E-state index contributed by atoms with van der Waals surface area (Å²) < 4.78 is 35.4. The number of aromatic nitrogens is 2. The van der Waals surface area contributed by atoms with Gasteiger partial charge < -0.3 is 34.8 Å². The molecule has 12 nitrogen and oxygen atoms in total. The van der Waals surface area contributed by atoms with Crippen molar-refractivity contribution in [3.05, 3.63) is 64.6 Å². The summed E-state index contributed by atoms with van der Waals surface area (Å²) in [6.45, 7) is 1.90. The molecule has 0 saturated carbocycles. The SMILES string of the molecule is Cn1c(-c2ccc(OCC#N)c(F)c2F)cnc1C(=O)Nc1ccc(C(=O)N2CCN(C(=O)[C@@H]3CCNC[C@H]3O)CC2)c(Cl)c1. The number of piperidine rings is 1. The van der Waals surface area contributed by atoms with Crippen molar-refractivity contribution in [3.8, 4) is 23.1 Å². The van der Waals surface area contributed by atoms with Gasteiger partial charge in [0.05, 0.1) is 34.5 Å². The Morgan fingerprint density at radius 3 is 2.58 bits per heavy atom. The highest BCUT2D eigenvalue weighted by Crippen LogP contribution is 2.30. The highest BCUT2D eigenvalue weighted by Gasteiger charge is 2.35. The predicted molar refractivity (Wildman–Crippen MR) is 159 cm³/mol. The van der Waals surface area contributed by atoms with Gasteiger partial charge in [-0.3, -0.25) is 14.4 Å². The first-order valence-corrected chi connectivity index (χ1v) is 14.6. The molecule has 5 rings (SSSR count).